The molecule has 2 aromatic heterocycles. The maximum Gasteiger partial charge on any atom is 0.171 e. The average molecular weight is 227 g/mol. The van der Waals surface area contributed by atoms with Crippen LogP contribution in [0.3, 0.4) is 0 Å². The molecule has 72 valence electrons. The zero-order valence-corrected chi connectivity index (χ0v) is 8.72. The lowest BCUT2D eigenvalue weighted by Gasteiger charge is -2.03. The van der Waals surface area contributed by atoms with E-state index in [4.69, 9.17) is 11.6 Å². The highest BCUT2D eigenvalue weighted by atomic mass is 35.5. The molecule has 0 fully saturated rings. The lowest BCUT2D eigenvalue weighted by atomic mass is 10.6. The number of nitrogens with one attached hydrogen (secondary N) is 1. The van der Waals surface area contributed by atoms with Crippen molar-refractivity contribution in [2.75, 3.05) is 5.32 Å². The third-order valence-corrected chi connectivity index (χ3v) is 2.60. The summed E-state index contributed by atoms with van der Waals surface area (Å²) in [5, 5.41) is 6.35. The highest BCUT2D eigenvalue weighted by Crippen LogP contribution is 2.15. The van der Waals surface area contributed by atoms with Crippen LogP contribution < -0.4 is 5.32 Å². The van der Waals surface area contributed by atoms with Gasteiger partial charge in [-0.2, -0.15) is 0 Å². The molecule has 6 heteroatoms. The molecule has 0 radical (unpaired) electrons. The van der Waals surface area contributed by atoms with E-state index in [0.717, 1.165) is 5.01 Å². The summed E-state index contributed by atoms with van der Waals surface area (Å²) in [4.78, 5) is 12.1. The smallest absolute Gasteiger partial charge is 0.171 e. The average Bonchev–Trinajstić information content (AvgIpc) is 2.69. The van der Waals surface area contributed by atoms with Gasteiger partial charge in [-0.25, -0.2) is 15.0 Å². The van der Waals surface area contributed by atoms with Gasteiger partial charge in [0.2, 0.25) is 0 Å². The molecule has 2 heterocycles. The highest BCUT2D eigenvalue weighted by Gasteiger charge is 2.01. The van der Waals surface area contributed by atoms with Crippen molar-refractivity contribution in [3.05, 3.63) is 34.1 Å². The first kappa shape index (κ1) is 9.36. The maximum atomic E-state index is 5.81. The van der Waals surface area contributed by atoms with Crippen LogP contribution in [-0.4, -0.2) is 15.0 Å². The van der Waals surface area contributed by atoms with Gasteiger partial charge in [0.1, 0.15) is 5.01 Å². The molecule has 0 bridgehead atoms. The van der Waals surface area contributed by atoms with Gasteiger partial charge >= 0.3 is 0 Å². The molecule has 0 aromatic carbocycles. The Balaban J connectivity index is 2.02. The molecule has 0 aliphatic rings. The van der Waals surface area contributed by atoms with Gasteiger partial charge < -0.3 is 5.32 Å². The number of aromatic nitrogens is 3. The lowest BCUT2D eigenvalue weighted by Crippen LogP contribution is -2.01. The SMILES string of the molecule is Clc1nccnc1NCc1nccs1. The van der Waals surface area contributed by atoms with Crippen molar-refractivity contribution >= 4 is 28.8 Å². The van der Waals surface area contributed by atoms with Gasteiger partial charge in [-0.1, -0.05) is 11.6 Å². The van der Waals surface area contributed by atoms with E-state index in [1.807, 2.05) is 5.38 Å². The fourth-order valence-electron chi connectivity index (χ4n) is 0.939. The van der Waals surface area contributed by atoms with Crippen LogP contribution in [0.15, 0.2) is 24.0 Å². The standard InChI is InChI=1S/C8H7ClN4S/c9-7-8(12-2-1-11-7)13-5-6-10-3-4-14-6/h1-4H,5H2,(H,12,13). The Labute approximate surface area is 90.0 Å². The summed E-state index contributed by atoms with van der Waals surface area (Å²) in [6, 6.07) is 0. The molecule has 0 amide bonds. The monoisotopic (exact) mass is 226 g/mol. The molecule has 2 aromatic rings. The minimum atomic E-state index is 0.379. The van der Waals surface area contributed by atoms with Crippen LogP contribution in [-0.2, 0) is 6.54 Å². The van der Waals surface area contributed by atoms with Crippen molar-refractivity contribution < 1.29 is 0 Å². The van der Waals surface area contributed by atoms with Crippen LogP contribution in [0.2, 0.25) is 5.15 Å². The van der Waals surface area contributed by atoms with Crippen LogP contribution in [0.4, 0.5) is 5.82 Å². The third-order valence-electron chi connectivity index (χ3n) is 1.54. The van der Waals surface area contributed by atoms with Gasteiger partial charge in [-0.3, -0.25) is 0 Å². The van der Waals surface area contributed by atoms with Gasteiger partial charge in [-0.05, 0) is 0 Å². The van der Waals surface area contributed by atoms with E-state index in [-0.39, 0.29) is 0 Å². The van der Waals surface area contributed by atoms with Gasteiger partial charge in [-0.15, -0.1) is 11.3 Å². The summed E-state index contributed by atoms with van der Waals surface area (Å²) in [5.74, 6) is 0.587. The Morgan fingerprint density at radius 1 is 1.21 bits per heavy atom. The van der Waals surface area contributed by atoms with E-state index in [1.54, 1.807) is 29.9 Å². The number of halogens is 1. The second-order valence-corrected chi connectivity index (χ2v) is 3.81. The van der Waals surface area contributed by atoms with E-state index >= 15 is 0 Å². The molecule has 0 aliphatic carbocycles. The third kappa shape index (κ3) is 2.18. The Kier molecular flexibility index (Phi) is 2.90. The summed E-state index contributed by atoms with van der Waals surface area (Å²) >= 11 is 7.39. The molecule has 1 N–H and O–H groups in total. The van der Waals surface area contributed by atoms with Gasteiger partial charge in [0.25, 0.3) is 0 Å². The predicted octanol–water partition coefficient (Wildman–Crippen LogP) is 2.20. The van der Waals surface area contributed by atoms with Crippen molar-refractivity contribution in [1.82, 2.24) is 15.0 Å². The first-order valence-corrected chi connectivity index (χ1v) is 5.21. The van der Waals surface area contributed by atoms with Crippen molar-refractivity contribution in [2.24, 2.45) is 0 Å². The lowest BCUT2D eigenvalue weighted by molar-refractivity contribution is 1.06. The number of hydrogen-bond acceptors (Lipinski definition) is 5. The van der Waals surface area contributed by atoms with E-state index in [0.29, 0.717) is 17.5 Å². The number of hydrogen-bond donors (Lipinski definition) is 1. The van der Waals surface area contributed by atoms with Crippen molar-refractivity contribution in [1.29, 1.82) is 0 Å². The number of thiazole rings is 1. The Morgan fingerprint density at radius 3 is 2.79 bits per heavy atom. The zero-order valence-electron chi connectivity index (χ0n) is 7.14. The second-order valence-electron chi connectivity index (χ2n) is 2.48. The van der Waals surface area contributed by atoms with Gasteiger partial charge in [0.05, 0.1) is 6.54 Å². The van der Waals surface area contributed by atoms with E-state index in [9.17, 15) is 0 Å². The molecule has 14 heavy (non-hydrogen) atoms. The summed E-state index contributed by atoms with van der Waals surface area (Å²) in [6.07, 6.45) is 4.91. The van der Waals surface area contributed by atoms with Crippen LogP contribution in [0.1, 0.15) is 5.01 Å². The molecule has 0 saturated heterocycles. The minimum absolute atomic E-state index is 0.379. The Bertz CT molecular complexity index is 403. The summed E-state index contributed by atoms with van der Waals surface area (Å²) in [7, 11) is 0. The molecular weight excluding hydrogens is 220 g/mol. The predicted molar refractivity (Wildman–Crippen MR) is 56.5 cm³/mol. The van der Waals surface area contributed by atoms with Crippen LogP contribution in [0, 0.1) is 0 Å². The van der Waals surface area contributed by atoms with E-state index in [2.05, 4.69) is 20.3 Å². The fourth-order valence-corrected chi connectivity index (χ4v) is 1.67. The van der Waals surface area contributed by atoms with Crippen LogP contribution >= 0.6 is 22.9 Å². The second kappa shape index (κ2) is 4.34. The largest absolute Gasteiger partial charge is 0.361 e. The highest BCUT2D eigenvalue weighted by molar-refractivity contribution is 7.09. The zero-order chi connectivity index (χ0) is 9.80. The topological polar surface area (TPSA) is 50.7 Å². The molecule has 0 unspecified atom stereocenters. The Morgan fingerprint density at radius 2 is 2.07 bits per heavy atom. The Hall–Kier alpha value is -1.20. The molecule has 4 nitrogen and oxygen atoms in total. The van der Waals surface area contributed by atoms with Gasteiger partial charge in [0.15, 0.2) is 11.0 Å². The first-order valence-electron chi connectivity index (χ1n) is 3.95. The van der Waals surface area contributed by atoms with Crippen LogP contribution in [0.25, 0.3) is 0 Å². The van der Waals surface area contributed by atoms with Gasteiger partial charge in [0, 0.05) is 24.0 Å². The molecule has 0 saturated carbocycles. The quantitative estimate of drug-likeness (QED) is 0.872. The van der Waals surface area contributed by atoms with Crippen LogP contribution in [0.5, 0.6) is 0 Å². The minimum Gasteiger partial charge on any atom is -0.361 e. The number of nitrogens with zero attached hydrogens (tertiary/aromatic N) is 3. The summed E-state index contributed by atoms with van der Waals surface area (Å²) < 4.78 is 0. The van der Waals surface area contributed by atoms with E-state index in [1.165, 1.54) is 0 Å². The molecule has 0 atom stereocenters. The molecule has 0 aliphatic heterocycles. The summed E-state index contributed by atoms with van der Waals surface area (Å²) in [6.45, 7) is 0.621. The number of rotatable bonds is 3. The van der Waals surface area contributed by atoms with E-state index < -0.39 is 0 Å². The van der Waals surface area contributed by atoms with Crippen molar-refractivity contribution in [2.45, 2.75) is 6.54 Å². The van der Waals surface area contributed by atoms with Crippen molar-refractivity contribution in [3.8, 4) is 0 Å². The molecule has 0 spiro atoms. The molecular formula is C8H7ClN4S. The van der Waals surface area contributed by atoms with Crippen molar-refractivity contribution in [3.63, 3.8) is 0 Å². The molecule has 2 rings (SSSR count). The number of anilines is 1. The maximum absolute atomic E-state index is 5.81. The first-order chi connectivity index (χ1) is 6.86. The fraction of sp³-hybridized carbons (Fsp3) is 0.125. The normalized spacial score (nSPS) is 10.1. The summed E-state index contributed by atoms with van der Waals surface area (Å²) in [5.41, 5.74) is 0.